The molecular weight excluding hydrogens is 180 g/mol. The van der Waals surface area contributed by atoms with Gasteiger partial charge in [0.25, 0.3) is 0 Å². The van der Waals surface area contributed by atoms with Gasteiger partial charge in [-0.25, -0.2) is 0 Å². The van der Waals surface area contributed by atoms with Crippen molar-refractivity contribution in [3.63, 3.8) is 0 Å². The molecule has 1 rings (SSSR count). The Morgan fingerprint density at radius 2 is 1.92 bits per heavy atom. The van der Waals surface area contributed by atoms with Crippen molar-refractivity contribution in [1.29, 1.82) is 0 Å². The SMILES string of the molecule is CSCCN(C)CCN1CCCC1. The summed E-state index contributed by atoms with van der Waals surface area (Å²) in [5.41, 5.74) is 0. The molecule has 78 valence electrons. The second-order valence-electron chi connectivity index (χ2n) is 3.84. The predicted octanol–water partition coefficient (Wildman–Crippen LogP) is 1.38. The van der Waals surface area contributed by atoms with Crippen molar-refractivity contribution >= 4 is 11.8 Å². The lowest BCUT2D eigenvalue weighted by atomic mass is 10.4. The van der Waals surface area contributed by atoms with Gasteiger partial charge in [-0.1, -0.05) is 0 Å². The monoisotopic (exact) mass is 202 g/mol. The number of hydrogen-bond acceptors (Lipinski definition) is 3. The summed E-state index contributed by atoms with van der Waals surface area (Å²) in [4.78, 5) is 5.02. The van der Waals surface area contributed by atoms with Crippen LogP contribution in [0, 0.1) is 0 Å². The second-order valence-corrected chi connectivity index (χ2v) is 4.83. The third-order valence-electron chi connectivity index (χ3n) is 2.67. The topological polar surface area (TPSA) is 6.48 Å². The van der Waals surface area contributed by atoms with Crippen LogP contribution in [0.1, 0.15) is 12.8 Å². The molecule has 0 aromatic rings. The second kappa shape index (κ2) is 6.68. The Hall–Kier alpha value is 0.270. The highest BCUT2D eigenvalue weighted by Gasteiger charge is 2.11. The Morgan fingerprint density at radius 3 is 2.54 bits per heavy atom. The van der Waals surface area contributed by atoms with Gasteiger partial charge in [-0.15, -0.1) is 0 Å². The first-order valence-electron chi connectivity index (χ1n) is 5.23. The van der Waals surface area contributed by atoms with Gasteiger partial charge < -0.3 is 9.80 Å². The van der Waals surface area contributed by atoms with E-state index in [1.807, 2.05) is 11.8 Å². The van der Waals surface area contributed by atoms with Crippen molar-refractivity contribution < 1.29 is 0 Å². The van der Waals surface area contributed by atoms with Gasteiger partial charge in [0, 0.05) is 25.4 Å². The fourth-order valence-electron chi connectivity index (χ4n) is 1.68. The lowest BCUT2D eigenvalue weighted by Crippen LogP contribution is -2.32. The molecule has 1 heterocycles. The molecule has 1 fully saturated rings. The predicted molar refractivity (Wildman–Crippen MR) is 61.6 cm³/mol. The highest BCUT2D eigenvalue weighted by atomic mass is 32.2. The average molecular weight is 202 g/mol. The van der Waals surface area contributed by atoms with Crippen LogP contribution in [0.3, 0.4) is 0 Å². The highest BCUT2D eigenvalue weighted by molar-refractivity contribution is 7.98. The molecule has 0 N–H and O–H groups in total. The standard InChI is InChI=1S/C10H22N2S/c1-11(9-10-13-2)7-8-12-5-3-4-6-12/h3-10H2,1-2H3. The van der Waals surface area contributed by atoms with Gasteiger partial charge in [0.2, 0.25) is 0 Å². The molecule has 0 unspecified atom stereocenters. The van der Waals surface area contributed by atoms with Crippen LogP contribution in [0.25, 0.3) is 0 Å². The molecule has 0 saturated carbocycles. The molecule has 0 aromatic carbocycles. The molecule has 0 spiro atoms. The highest BCUT2D eigenvalue weighted by Crippen LogP contribution is 2.06. The molecule has 3 heteroatoms. The molecule has 13 heavy (non-hydrogen) atoms. The molecule has 0 radical (unpaired) electrons. The maximum Gasteiger partial charge on any atom is 0.0109 e. The van der Waals surface area contributed by atoms with Crippen LogP contribution < -0.4 is 0 Å². The molecule has 0 amide bonds. The molecular formula is C10H22N2S. The van der Waals surface area contributed by atoms with Crippen LogP contribution >= 0.6 is 11.8 Å². The number of likely N-dealkylation sites (tertiary alicyclic amines) is 1. The van der Waals surface area contributed by atoms with Crippen LogP contribution in [0.4, 0.5) is 0 Å². The van der Waals surface area contributed by atoms with Crippen molar-refractivity contribution in [3.8, 4) is 0 Å². The Bertz CT molecular complexity index is 124. The van der Waals surface area contributed by atoms with Crippen molar-refractivity contribution in [2.45, 2.75) is 12.8 Å². The van der Waals surface area contributed by atoms with E-state index in [-0.39, 0.29) is 0 Å². The van der Waals surface area contributed by atoms with Crippen molar-refractivity contribution in [2.75, 3.05) is 51.8 Å². The van der Waals surface area contributed by atoms with E-state index in [4.69, 9.17) is 0 Å². The van der Waals surface area contributed by atoms with Crippen LogP contribution in [-0.2, 0) is 0 Å². The number of thioether (sulfide) groups is 1. The minimum Gasteiger partial charge on any atom is -0.304 e. The molecule has 0 atom stereocenters. The molecule has 0 aliphatic carbocycles. The summed E-state index contributed by atoms with van der Waals surface area (Å²) in [5.74, 6) is 1.26. The summed E-state index contributed by atoms with van der Waals surface area (Å²) in [6, 6.07) is 0. The van der Waals surface area contributed by atoms with Gasteiger partial charge in [0.15, 0.2) is 0 Å². The number of nitrogens with zero attached hydrogens (tertiary/aromatic N) is 2. The van der Waals surface area contributed by atoms with E-state index in [0.717, 1.165) is 0 Å². The van der Waals surface area contributed by atoms with Crippen molar-refractivity contribution in [3.05, 3.63) is 0 Å². The van der Waals surface area contributed by atoms with Crippen molar-refractivity contribution in [1.82, 2.24) is 9.80 Å². The summed E-state index contributed by atoms with van der Waals surface area (Å²) in [7, 11) is 2.23. The molecule has 0 bridgehead atoms. The third-order valence-corrected chi connectivity index (χ3v) is 3.26. The molecule has 0 aromatic heterocycles. The van der Waals surface area contributed by atoms with E-state index >= 15 is 0 Å². The van der Waals surface area contributed by atoms with Gasteiger partial charge in [0.1, 0.15) is 0 Å². The first kappa shape index (κ1) is 11.3. The maximum atomic E-state index is 2.58. The van der Waals surface area contributed by atoms with Gasteiger partial charge >= 0.3 is 0 Å². The first-order chi connectivity index (χ1) is 6.33. The number of hydrogen-bond donors (Lipinski definition) is 0. The summed E-state index contributed by atoms with van der Waals surface area (Å²) in [5, 5.41) is 0. The normalized spacial score (nSPS) is 18.7. The van der Waals surface area contributed by atoms with E-state index < -0.39 is 0 Å². The van der Waals surface area contributed by atoms with Crippen molar-refractivity contribution in [2.24, 2.45) is 0 Å². The minimum atomic E-state index is 1.23. The van der Waals surface area contributed by atoms with Gasteiger partial charge in [-0.2, -0.15) is 11.8 Å². The minimum absolute atomic E-state index is 1.23. The van der Waals surface area contributed by atoms with E-state index in [2.05, 4.69) is 23.1 Å². The fourth-order valence-corrected chi connectivity index (χ4v) is 2.17. The summed E-state index contributed by atoms with van der Waals surface area (Å²) in [6.07, 6.45) is 5.00. The van der Waals surface area contributed by atoms with Crippen LogP contribution in [0.2, 0.25) is 0 Å². The smallest absolute Gasteiger partial charge is 0.0109 e. The molecule has 2 nitrogen and oxygen atoms in total. The zero-order valence-corrected chi connectivity index (χ0v) is 9.78. The van der Waals surface area contributed by atoms with Crippen LogP contribution in [0.15, 0.2) is 0 Å². The average Bonchev–Trinajstić information content (AvgIpc) is 2.64. The lowest BCUT2D eigenvalue weighted by molar-refractivity contribution is 0.265. The molecule has 1 aliphatic heterocycles. The number of rotatable bonds is 6. The Kier molecular flexibility index (Phi) is 5.83. The Balaban J connectivity index is 1.97. The van der Waals surface area contributed by atoms with Gasteiger partial charge in [-0.05, 0) is 39.2 Å². The van der Waals surface area contributed by atoms with E-state index in [0.29, 0.717) is 0 Å². The van der Waals surface area contributed by atoms with E-state index in [1.165, 1.54) is 51.3 Å². The lowest BCUT2D eigenvalue weighted by Gasteiger charge is -2.20. The quantitative estimate of drug-likeness (QED) is 0.642. The van der Waals surface area contributed by atoms with Crippen LogP contribution in [-0.4, -0.2) is 61.6 Å². The zero-order valence-electron chi connectivity index (χ0n) is 8.96. The van der Waals surface area contributed by atoms with Gasteiger partial charge in [-0.3, -0.25) is 0 Å². The molecule has 1 aliphatic rings. The fraction of sp³-hybridized carbons (Fsp3) is 1.00. The zero-order chi connectivity index (χ0) is 9.52. The summed E-state index contributed by atoms with van der Waals surface area (Å²) >= 11 is 1.93. The largest absolute Gasteiger partial charge is 0.304 e. The van der Waals surface area contributed by atoms with Crippen LogP contribution in [0.5, 0.6) is 0 Å². The summed E-state index contributed by atoms with van der Waals surface area (Å²) in [6.45, 7) is 6.40. The summed E-state index contributed by atoms with van der Waals surface area (Å²) < 4.78 is 0. The number of likely N-dealkylation sites (N-methyl/N-ethyl adjacent to an activating group) is 1. The molecule has 1 saturated heterocycles. The van der Waals surface area contributed by atoms with E-state index in [9.17, 15) is 0 Å². The maximum absolute atomic E-state index is 2.58. The van der Waals surface area contributed by atoms with E-state index in [1.54, 1.807) is 0 Å². The Morgan fingerprint density at radius 1 is 1.23 bits per heavy atom. The van der Waals surface area contributed by atoms with Gasteiger partial charge in [0.05, 0.1) is 0 Å². The first-order valence-corrected chi connectivity index (χ1v) is 6.62. The Labute approximate surface area is 86.7 Å². The third kappa shape index (κ3) is 4.89.